The minimum absolute atomic E-state index is 0.00953. The van der Waals surface area contributed by atoms with Crippen LogP contribution in [0.3, 0.4) is 0 Å². The maximum Gasteiger partial charge on any atom is 0.261 e. The van der Waals surface area contributed by atoms with Gasteiger partial charge >= 0.3 is 0 Å². The summed E-state index contributed by atoms with van der Waals surface area (Å²) >= 11 is 11.8. The molecule has 1 N–H and O–H groups in total. The molecule has 0 radical (unpaired) electrons. The molecule has 1 aliphatic rings. The molecule has 1 fully saturated rings. The topological polar surface area (TPSA) is 63.2 Å². The van der Waals surface area contributed by atoms with E-state index in [0.717, 1.165) is 31.4 Å². The molecule has 1 aliphatic carbocycles. The van der Waals surface area contributed by atoms with E-state index in [-0.39, 0.29) is 25.9 Å². The first-order valence-corrected chi connectivity index (χ1v) is 9.47. The van der Waals surface area contributed by atoms with Crippen molar-refractivity contribution >= 4 is 48.8 Å². The van der Waals surface area contributed by atoms with Crippen LogP contribution in [-0.2, 0) is 9.05 Å². The predicted octanol–water partition coefficient (Wildman–Crippen LogP) is 3.84. The summed E-state index contributed by atoms with van der Waals surface area (Å²) in [5, 5.41) is 2.77. The Labute approximate surface area is 138 Å². The fourth-order valence-corrected chi connectivity index (χ4v) is 3.33. The molecule has 0 saturated heterocycles. The molecule has 1 saturated carbocycles. The first kappa shape index (κ1) is 16.9. The molecule has 0 heterocycles. The van der Waals surface area contributed by atoms with Crippen molar-refractivity contribution in [2.75, 3.05) is 6.54 Å². The van der Waals surface area contributed by atoms with Gasteiger partial charge in [0.2, 0.25) is 0 Å². The van der Waals surface area contributed by atoms with E-state index in [1.165, 1.54) is 0 Å². The minimum atomic E-state index is -3.98. The summed E-state index contributed by atoms with van der Waals surface area (Å²) in [6.45, 7) is 2.61. The molecule has 116 valence electrons. The number of hydrogen-bond acceptors (Lipinski definition) is 3. The number of amides is 1. The van der Waals surface area contributed by atoms with Crippen LogP contribution < -0.4 is 5.32 Å². The maximum atomic E-state index is 12.2. The summed E-state index contributed by atoms with van der Waals surface area (Å²) in [5.41, 5.74) is 0.178. The molecule has 21 heavy (non-hydrogen) atoms. The zero-order valence-corrected chi connectivity index (χ0v) is 14.3. The Balaban J connectivity index is 2.26. The third kappa shape index (κ3) is 3.83. The standard InChI is InChI=1S/C13H14Cl3NO3S/c1-2-13(3-4-13)7-17-12(18)9-5-8(21(16,19)20)6-10(14)11(9)15/h5-6H,2-4,7H2,1H3,(H,17,18). The smallest absolute Gasteiger partial charge is 0.261 e. The molecule has 1 aromatic rings. The summed E-state index contributed by atoms with van der Waals surface area (Å²) in [6, 6.07) is 2.26. The van der Waals surface area contributed by atoms with Crippen molar-refractivity contribution in [3.63, 3.8) is 0 Å². The van der Waals surface area contributed by atoms with Crippen molar-refractivity contribution in [2.45, 2.75) is 31.1 Å². The van der Waals surface area contributed by atoms with Crippen LogP contribution in [-0.4, -0.2) is 20.9 Å². The van der Waals surface area contributed by atoms with Crippen LogP contribution in [0.5, 0.6) is 0 Å². The third-order valence-electron chi connectivity index (χ3n) is 3.86. The number of nitrogens with one attached hydrogen (secondary N) is 1. The summed E-state index contributed by atoms with van der Waals surface area (Å²) in [4.78, 5) is 11.9. The van der Waals surface area contributed by atoms with Gasteiger partial charge in [-0.05, 0) is 36.8 Å². The van der Waals surface area contributed by atoms with Crippen molar-refractivity contribution in [3.05, 3.63) is 27.7 Å². The number of benzene rings is 1. The Hall–Kier alpha value is -0.490. The maximum absolute atomic E-state index is 12.2. The Kier molecular flexibility index (Phi) is 4.78. The second-order valence-electron chi connectivity index (χ2n) is 5.24. The first-order chi connectivity index (χ1) is 9.68. The second kappa shape index (κ2) is 5.95. The molecular weight excluding hydrogens is 357 g/mol. The van der Waals surface area contributed by atoms with Crippen molar-refractivity contribution in [2.24, 2.45) is 5.41 Å². The molecule has 0 aromatic heterocycles. The van der Waals surface area contributed by atoms with Gasteiger partial charge in [-0.2, -0.15) is 0 Å². The minimum Gasteiger partial charge on any atom is -0.351 e. The Morgan fingerprint density at radius 2 is 1.95 bits per heavy atom. The summed E-state index contributed by atoms with van der Waals surface area (Å²) < 4.78 is 22.8. The normalized spacial score (nSPS) is 16.6. The SMILES string of the molecule is CCC1(CNC(=O)c2cc(S(=O)(=O)Cl)cc(Cl)c2Cl)CC1. The zero-order chi connectivity index (χ0) is 15.8. The molecule has 8 heteroatoms. The van der Waals surface area contributed by atoms with Crippen LogP contribution in [0.1, 0.15) is 36.5 Å². The summed E-state index contributed by atoms with van der Waals surface area (Å²) in [6.07, 6.45) is 3.14. The van der Waals surface area contributed by atoms with Crippen molar-refractivity contribution in [3.8, 4) is 0 Å². The second-order valence-corrected chi connectivity index (χ2v) is 8.59. The predicted molar refractivity (Wildman–Crippen MR) is 83.8 cm³/mol. The lowest BCUT2D eigenvalue weighted by molar-refractivity contribution is 0.0944. The molecular formula is C13H14Cl3NO3S. The van der Waals surface area contributed by atoms with E-state index in [4.69, 9.17) is 33.9 Å². The van der Waals surface area contributed by atoms with Crippen LogP contribution >= 0.6 is 33.9 Å². The van der Waals surface area contributed by atoms with Gasteiger partial charge in [-0.25, -0.2) is 8.42 Å². The molecule has 1 amide bonds. The van der Waals surface area contributed by atoms with Crippen LogP contribution in [0.25, 0.3) is 0 Å². The average molecular weight is 371 g/mol. The largest absolute Gasteiger partial charge is 0.351 e. The fourth-order valence-electron chi connectivity index (χ4n) is 2.07. The molecule has 0 bridgehead atoms. The van der Waals surface area contributed by atoms with Crippen molar-refractivity contribution in [1.82, 2.24) is 5.32 Å². The molecule has 0 unspecified atom stereocenters. The summed E-state index contributed by atoms with van der Waals surface area (Å²) in [7, 11) is 1.30. The zero-order valence-electron chi connectivity index (χ0n) is 11.3. The van der Waals surface area contributed by atoms with Crippen LogP contribution in [0.4, 0.5) is 0 Å². The summed E-state index contributed by atoms with van der Waals surface area (Å²) in [5.74, 6) is -0.455. The lowest BCUT2D eigenvalue weighted by Crippen LogP contribution is -2.30. The van der Waals surface area contributed by atoms with E-state index >= 15 is 0 Å². The highest BCUT2D eigenvalue weighted by atomic mass is 35.7. The lowest BCUT2D eigenvalue weighted by Gasteiger charge is -2.14. The molecule has 4 nitrogen and oxygen atoms in total. The Bertz CT molecular complexity index is 684. The van der Waals surface area contributed by atoms with E-state index in [0.29, 0.717) is 6.54 Å². The van der Waals surface area contributed by atoms with Gasteiger partial charge in [0.25, 0.3) is 15.0 Å². The Morgan fingerprint density at radius 3 is 2.43 bits per heavy atom. The number of hydrogen-bond donors (Lipinski definition) is 1. The lowest BCUT2D eigenvalue weighted by atomic mass is 10.0. The van der Waals surface area contributed by atoms with Crippen LogP contribution in [0.2, 0.25) is 10.0 Å². The third-order valence-corrected chi connectivity index (χ3v) is 5.99. The number of halogens is 3. The quantitative estimate of drug-likeness (QED) is 0.801. The fraction of sp³-hybridized carbons (Fsp3) is 0.462. The number of carbonyl (C=O) groups excluding carboxylic acids is 1. The monoisotopic (exact) mass is 369 g/mol. The molecule has 1 aromatic carbocycles. The van der Waals surface area contributed by atoms with Crippen molar-refractivity contribution in [1.29, 1.82) is 0 Å². The number of rotatable bonds is 5. The van der Waals surface area contributed by atoms with Gasteiger partial charge in [0.1, 0.15) is 0 Å². The van der Waals surface area contributed by atoms with Gasteiger partial charge in [0.15, 0.2) is 0 Å². The van der Waals surface area contributed by atoms with E-state index in [1.807, 2.05) is 0 Å². The molecule has 0 atom stereocenters. The van der Waals surface area contributed by atoms with Gasteiger partial charge in [-0.3, -0.25) is 4.79 Å². The first-order valence-electron chi connectivity index (χ1n) is 6.40. The van der Waals surface area contributed by atoms with Gasteiger partial charge in [-0.1, -0.05) is 30.1 Å². The van der Waals surface area contributed by atoms with E-state index in [9.17, 15) is 13.2 Å². The van der Waals surface area contributed by atoms with Gasteiger partial charge in [0, 0.05) is 17.2 Å². The Morgan fingerprint density at radius 1 is 1.33 bits per heavy atom. The van der Waals surface area contributed by atoms with Crippen molar-refractivity contribution < 1.29 is 13.2 Å². The van der Waals surface area contributed by atoms with E-state index in [1.54, 1.807) is 0 Å². The molecule has 2 rings (SSSR count). The highest BCUT2D eigenvalue weighted by Crippen LogP contribution is 2.47. The van der Waals surface area contributed by atoms with Crippen LogP contribution in [0.15, 0.2) is 17.0 Å². The molecule has 0 spiro atoms. The highest BCUT2D eigenvalue weighted by molar-refractivity contribution is 8.13. The van der Waals surface area contributed by atoms with Crippen LogP contribution in [0, 0.1) is 5.41 Å². The highest BCUT2D eigenvalue weighted by Gasteiger charge is 2.40. The average Bonchev–Trinajstić information content (AvgIpc) is 3.18. The van der Waals surface area contributed by atoms with E-state index < -0.39 is 15.0 Å². The molecule has 0 aliphatic heterocycles. The van der Waals surface area contributed by atoms with Gasteiger partial charge < -0.3 is 5.32 Å². The van der Waals surface area contributed by atoms with E-state index in [2.05, 4.69) is 12.2 Å². The number of carbonyl (C=O) groups is 1. The van der Waals surface area contributed by atoms with Gasteiger partial charge in [-0.15, -0.1) is 0 Å². The van der Waals surface area contributed by atoms with Gasteiger partial charge in [0.05, 0.1) is 20.5 Å².